The second kappa shape index (κ2) is 5.73. The normalized spacial score (nSPS) is 11.4. The molecule has 0 aliphatic heterocycles. The molecule has 1 aromatic rings. The van der Waals surface area contributed by atoms with Crippen molar-refractivity contribution in [3.8, 4) is 0 Å². The third-order valence-electron chi connectivity index (χ3n) is 1.93. The molecule has 0 radical (unpaired) electrons. The van der Waals surface area contributed by atoms with Gasteiger partial charge >= 0.3 is 6.18 Å². The van der Waals surface area contributed by atoms with Crippen molar-refractivity contribution in [3.63, 3.8) is 0 Å². The monoisotopic (exact) mass is 301 g/mol. The molecule has 2 N–H and O–H groups in total. The Labute approximate surface area is 110 Å². The van der Waals surface area contributed by atoms with Crippen LogP contribution in [0, 0.1) is 0 Å². The smallest absolute Gasteiger partial charge is 0.273 e. The zero-order chi connectivity index (χ0) is 13.9. The van der Waals surface area contributed by atoms with Crippen molar-refractivity contribution in [1.29, 1.82) is 0 Å². The highest BCUT2D eigenvalue weighted by atomic mass is 35.5. The lowest BCUT2D eigenvalue weighted by Gasteiger charge is -2.17. The summed E-state index contributed by atoms with van der Waals surface area (Å²) in [6, 6.07) is 1.28. The minimum atomic E-state index is -4.60. The quantitative estimate of drug-likeness (QED) is 0.307. The van der Waals surface area contributed by atoms with Crippen LogP contribution >= 0.6 is 23.2 Å². The third kappa shape index (κ3) is 3.72. The van der Waals surface area contributed by atoms with Crippen LogP contribution in [0.2, 0.25) is 5.15 Å². The predicted molar refractivity (Wildman–Crippen MR) is 61.3 cm³/mol. The van der Waals surface area contributed by atoms with Gasteiger partial charge in [-0.05, 0) is 12.1 Å². The fourth-order valence-corrected chi connectivity index (χ4v) is 1.46. The number of anilines is 1. The number of halogens is 5. The second-order valence-electron chi connectivity index (χ2n) is 3.24. The first-order chi connectivity index (χ1) is 8.25. The average Bonchev–Trinajstić information content (AvgIpc) is 2.26. The minimum Gasteiger partial charge on any atom is -0.273 e. The lowest BCUT2D eigenvalue weighted by Crippen LogP contribution is -2.38. The molecule has 100 valence electrons. The Morgan fingerprint density at radius 1 is 1.44 bits per heavy atom. The number of pyridine rings is 1. The van der Waals surface area contributed by atoms with Crippen molar-refractivity contribution < 1.29 is 18.0 Å². The van der Waals surface area contributed by atoms with Crippen LogP contribution in [0.25, 0.3) is 0 Å². The van der Waals surface area contributed by atoms with E-state index < -0.39 is 22.8 Å². The number of hydrogen-bond acceptors (Lipinski definition) is 3. The molecule has 1 amide bonds. The molecule has 9 heteroatoms. The van der Waals surface area contributed by atoms with Crippen LogP contribution in [0.5, 0.6) is 0 Å². The molecule has 0 spiro atoms. The molecule has 0 atom stereocenters. The van der Waals surface area contributed by atoms with Crippen LogP contribution in [0.15, 0.2) is 12.1 Å². The number of amides is 1. The third-order valence-corrected chi connectivity index (χ3v) is 2.31. The molecule has 0 fully saturated rings. The summed E-state index contributed by atoms with van der Waals surface area (Å²) in [4.78, 5) is 14.9. The molecule has 0 unspecified atom stereocenters. The van der Waals surface area contributed by atoms with E-state index in [0.29, 0.717) is 17.1 Å². The number of aromatic nitrogens is 1. The number of carbonyl (C=O) groups excluding carboxylic acids is 1. The Balaban J connectivity index is 3.10. The number of alkyl halides is 4. The lowest BCUT2D eigenvalue weighted by molar-refractivity contribution is -0.137. The molecule has 0 saturated carbocycles. The standard InChI is InChI=1S/C9H8Cl2F3N3O/c10-2-1-8(18)17(15)7-4-5(9(12,13)14)3-6(11)16-7/h3-4H,1-2,15H2. The Morgan fingerprint density at radius 3 is 2.56 bits per heavy atom. The summed E-state index contributed by atoms with van der Waals surface area (Å²) in [6.45, 7) is 0. The second-order valence-corrected chi connectivity index (χ2v) is 4.00. The van der Waals surface area contributed by atoms with E-state index in [1.165, 1.54) is 0 Å². The highest BCUT2D eigenvalue weighted by Gasteiger charge is 2.32. The lowest BCUT2D eigenvalue weighted by atomic mass is 10.2. The number of carbonyl (C=O) groups is 1. The van der Waals surface area contributed by atoms with E-state index in [9.17, 15) is 18.0 Å². The average molecular weight is 302 g/mol. The summed E-state index contributed by atoms with van der Waals surface area (Å²) < 4.78 is 37.5. The van der Waals surface area contributed by atoms with Crippen LogP contribution in [0.4, 0.5) is 19.0 Å². The maximum absolute atomic E-state index is 12.5. The van der Waals surface area contributed by atoms with E-state index in [1.54, 1.807) is 0 Å². The molecule has 1 heterocycles. The van der Waals surface area contributed by atoms with Gasteiger partial charge in [0.15, 0.2) is 5.82 Å². The highest BCUT2D eigenvalue weighted by Crippen LogP contribution is 2.32. The topological polar surface area (TPSA) is 59.2 Å². The SMILES string of the molecule is NN(C(=O)CCCl)c1cc(C(F)(F)F)cc(Cl)n1. The van der Waals surface area contributed by atoms with E-state index in [-0.39, 0.29) is 18.1 Å². The van der Waals surface area contributed by atoms with Gasteiger partial charge in [-0.2, -0.15) is 13.2 Å². The first-order valence-corrected chi connectivity index (χ1v) is 5.55. The van der Waals surface area contributed by atoms with Crippen molar-refractivity contribution in [2.24, 2.45) is 5.84 Å². The molecule has 1 aromatic heterocycles. The number of nitrogens with two attached hydrogens (primary N) is 1. The Morgan fingerprint density at radius 2 is 2.06 bits per heavy atom. The fraction of sp³-hybridized carbons (Fsp3) is 0.333. The Hall–Kier alpha value is -1.05. The molecule has 0 aromatic carbocycles. The van der Waals surface area contributed by atoms with Crippen molar-refractivity contribution in [3.05, 3.63) is 22.8 Å². The van der Waals surface area contributed by atoms with Crippen molar-refractivity contribution in [1.82, 2.24) is 4.98 Å². The summed E-state index contributed by atoms with van der Waals surface area (Å²) in [5.74, 6) is 4.30. The van der Waals surface area contributed by atoms with E-state index in [1.807, 2.05) is 0 Å². The zero-order valence-corrected chi connectivity index (χ0v) is 10.4. The van der Waals surface area contributed by atoms with Crippen LogP contribution in [0.3, 0.4) is 0 Å². The summed E-state index contributed by atoms with van der Waals surface area (Å²) >= 11 is 10.8. The van der Waals surface area contributed by atoms with Crippen LogP contribution in [-0.4, -0.2) is 16.8 Å². The van der Waals surface area contributed by atoms with E-state index in [2.05, 4.69) is 4.98 Å². The molecule has 0 saturated heterocycles. The van der Waals surface area contributed by atoms with Crippen LogP contribution in [0.1, 0.15) is 12.0 Å². The summed E-state index contributed by atoms with van der Waals surface area (Å²) in [7, 11) is 0. The minimum absolute atomic E-state index is 0.000767. The summed E-state index contributed by atoms with van der Waals surface area (Å²) in [5.41, 5.74) is -1.04. The van der Waals surface area contributed by atoms with Crippen molar-refractivity contribution in [2.75, 3.05) is 10.9 Å². The Kier molecular flexibility index (Phi) is 4.78. The first-order valence-electron chi connectivity index (χ1n) is 4.64. The van der Waals surface area contributed by atoms with Gasteiger partial charge in [0.05, 0.1) is 5.56 Å². The fourth-order valence-electron chi connectivity index (χ4n) is 1.10. The van der Waals surface area contributed by atoms with Gasteiger partial charge in [0.1, 0.15) is 5.15 Å². The van der Waals surface area contributed by atoms with Crippen molar-refractivity contribution >= 4 is 34.9 Å². The number of hydrazine groups is 1. The molecule has 0 aliphatic carbocycles. The molecule has 1 rings (SSSR count). The molecule has 0 bridgehead atoms. The molecular formula is C9H8Cl2F3N3O. The largest absolute Gasteiger partial charge is 0.416 e. The number of rotatable bonds is 3. The molecule has 18 heavy (non-hydrogen) atoms. The first kappa shape index (κ1) is 15.0. The molecule has 4 nitrogen and oxygen atoms in total. The van der Waals surface area contributed by atoms with Gasteiger partial charge in [-0.3, -0.25) is 4.79 Å². The predicted octanol–water partition coefficient (Wildman–Crippen LogP) is 2.59. The Bertz CT molecular complexity index is 453. The summed E-state index contributed by atoms with van der Waals surface area (Å²) in [5, 5.41) is 0.0812. The van der Waals surface area contributed by atoms with Gasteiger partial charge in [-0.15, -0.1) is 11.6 Å². The maximum Gasteiger partial charge on any atom is 0.416 e. The van der Waals surface area contributed by atoms with Crippen LogP contribution in [-0.2, 0) is 11.0 Å². The van der Waals surface area contributed by atoms with E-state index >= 15 is 0 Å². The van der Waals surface area contributed by atoms with Crippen molar-refractivity contribution in [2.45, 2.75) is 12.6 Å². The van der Waals surface area contributed by atoms with E-state index in [4.69, 9.17) is 29.0 Å². The number of hydrogen-bond donors (Lipinski definition) is 1. The van der Waals surface area contributed by atoms with E-state index in [0.717, 1.165) is 0 Å². The number of nitrogens with zero attached hydrogens (tertiary/aromatic N) is 2. The van der Waals surface area contributed by atoms with Gasteiger partial charge in [-0.25, -0.2) is 15.8 Å². The maximum atomic E-state index is 12.5. The van der Waals surface area contributed by atoms with Gasteiger partial charge in [0.25, 0.3) is 0 Å². The molecular weight excluding hydrogens is 294 g/mol. The van der Waals surface area contributed by atoms with Crippen LogP contribution < -0.4 is 10.9 Å². The van der Waals surface area contributed by atoms with Gasteiger partial charge in [0, 0.05) is 12.3 Å². The highest BCUT2D eigenvalue weighted by molar-refractivity contribution is 6.29. The molecule has 0 aliphatic rings. The van der Waals surface area contributed by atoms with Gasteiger partial charge < -0.3 is 0 Å². The van der Waals surface area contributed by atoms with Gasteiger partial charge in [-0.1, -0.05) is 11.6 Å². The van der Waals surface area contributed by atoms with Gasteiger partial charge in [0.2, 0.25) is 5.91 Å². The summed E-state index contributed by atoms with van der Waals surface area (Å²) in [6.07, 6.45) is -4.72. The zero-order valence-electron chi connectivity index (χ0n) is 8.84.